The monoisotopic (exact) mass is 224 g/mol. The van der Waals surface area contributed by atoms with Crippen LogP contribution in [0.3, 0.4) is 0 Å². The molecule has 0 aromatic heterocycles. The average Bonchev–Trinajstić information content (AvgIpc) is 2.11. The van der Waals surface area contributed by atoms with E-state index in [2.05, 4.69) is 11.9 Å². The van der Waals surface area contributed by atoms with Crippen LogP contribution in [0.25, 0.3) is 0 Å². The van der Waals surface area contributed by atoms with Crippen LogP contribution in [-0.2, 0) is 4.79 Å². The molecule has 0 aliphatic heterocycles. The molecule has 3 nitrogen and oxygen atoms in total. The summed E-state index contributed by atoms with van der Waals surface area (Å²) in [5, 5.41) is 2.33. The zero-order valence-electron chi connectivity index (χ0n) is 8.31. The number of rotatable bonds is 6. The van der Waals surface area contributed by atoms with Crippen molar-refractivity contribution in [1.82, 2.24) is 5.32 Å². The quantitative estimate of drug-likeness (QED) is 0.528. The third-order valence-electron chi connectivity index (χ3n) is 1.69. The van der Waals surface area contributed by atoms with Crippen molar-refractivity contribution in [2.24, 2.45) is 5.73 Å². The summed E-state index contributed by atoms with van der Waals surface area (Å²) in [6, 6.07) is -0.728. The fourth-order valence-electron chi connectivity index (χ4n) is 0.918. The lowest BCUT2D eigenvalue weighted by atomic mass is 10.2. The van der Waals surface area contributed by atoms with Crippen LogP contribution in [0.15, 0.2) is 12.7 Å². The van der Waals surface area contributed by atoms with Crippen molar-refractivity contribution in [1.29, 1.82) is 0 Å². The fourth-order valence-corrected chi connectivity index (χ4v) is 0.918. The Labute approximate surface area is 86.5 Å². The Balaban J connectivity index is 3.59. The molecule has 0 fully saturated rings. The SMILES string of the molecule is C=CCC(N)C(=O)NCCCC(F)(F)F. The molecule has 0 spiro atoms. The molecule has 0 aliphatic carbocycles. The molecular formula is C9H15F3N2O. The summed E-state index contributed by atoms with van der Waals surface area (Å²) in [4.78, 5) is 11.1. The lowest BCUT2D eigenvalue weighted by Gasteiger charge is -2.10. The van der Waals surface area contributed by atoms with E-state index in [1.54, 1.807) is 0 Å². The van der Waals surface area contributed by atoms with E-state index in [4.69, 9.17) is 5.73 Å². The molecular weight excluding hydrogens is 209 g/mol. The second kappa shape index (κ2) is 6.44. The van der Waals surface area contributed by atoms with Gasteiger partial charge in [-0.1, -0.05) is 6.08 Å². The van der Waals surface area contributed by atoms with Gasteiger partial charge in [0.1, 0.15) is 0 Å². The summed E-state index contributed by atoms with van der Waals surface area (Å²) in [6.07, 6.45) is -3.40. The second-order valence-corrected chi connectivity index (χ2v) is 3.14. The molecule has 0 heterocycles. The van der Waals surface area contributed by atoms with E-state index in [0.717, 1.165) is 0 Å². The molecule has 15 heavy (non-hydrogen) atoms. The van der Waals surface area contributed by atoms with Crippen LogP contribution in [0.5, 0.6) is 0 Å². The molecule has 1 unspecified atom stereocenters. The summed E-state index contributed by atoms with van der Waals surface area (Å²) in [6.45, 7) is 3.39. The normalized spacial score (nSPS) is 13.3. The van der Waals surface area contributed by atoms with Gasteiger partial charge < -0.3 is 11.1 Å². The predicted molar refractivity (Wildman–Crippen MR) is 51.1 cm³/mol. The number of nitrogens with two attached hydrogens (primary N) is 1. The van der Waals surface area contributed by atoms with E-state index in [1.165, 1.54) is 6.08 Å². The highest BCUT2D eigenvalue weighted by molar-refractivity contribution is 5.81. The first-order valence-electron chi connectivity index (χ1n) is 4.57. The van der Waals surface area contributed by atoms with Gasteiger partial charge in [0, 0.05) is 13.0 Å². The molecule has 0 aromatic rings. The van der Waals surface area contributed by atoms with E-state index >= 15 is 0 Å². The Morgan fingerprint density at radius 3 is 2.60 bits per heavy atom. The van der Waals surface area contributed by atoms with Gasteiger partial charge in [0.15, 0.2) is 0 Å². The first kappa shape index (κ1) is 14.0. The van der Waals surface area contributed by atoms with Crippen molar-refractivity contribution in [2.45, 2.75) is 31.5 Å². The van der Waals surface area contributed by atoms with Crippen molar-refractivity contribution in [3.05, 3.63) is 12.7 Å². The van der Waals surface area contributed by atoms with Crippen LogP contribution in [0, 0.1) is 0 Å². The van der Waals surface area contributed by atoms with Crippen molar-refractivity contribution in [2.75, 3.05) is 6.54 Å². The van der Waals surface area contributed by atoms with Crippen molar-refractivity contribution < 1.29 is 18.0 Å². The summed E-state index contributed by atoms with van der Waals surface area (Å²) >= 11 is 0. The molecule has 6 heteroatoms. The predicted octanol–water partition coefficient (Wildman–Crippen LogP) is 1.35. The van der Waals surface area contributed by atoms with Gasteiger partial charge >= 0.3 is 6.18 Å². The zero-order valence-corrected chi connectivity index (χ0v) is 8.31. The van der Waals surface area contributed by atoms with Gasteiger partial charge in [-0.2, -0.15) is 13.2 Å². The molecule has 0 aliphatic rings. The van der Waals surface area contributed by atoms with Crippen LogP contribution in [-0.4, -0.2) is 24.7 Å². The Morgan fingerprint density at radius 1 is 1.53 bits per heavy atom. The maximum atomic E-state index is 11.7. The fraction of sp³-hybridized carbons (Fsp3) is 0.667. The van der Waals surface area contributed by atoms with Crippen LogP contribution in [0.1, 0.15) is 19.3 Å². The minimum atomic E-state index is -4.17. The standard InChI is InChI=1S/C9H15F3N2O/c1-2-4-7(13)8(15)14-6-3-5-9(10,11)12/h2,7H,1,3-6,13H2,(H,14,15). The molecule has 0 bridgehead atoms. The number of carbonyl (C=O) groups is 1. The second-order valence-electron chi connectivity index (χ2n) is 3.14. The maximum Gasteiger partial charge on any atom is 0.389 e. The minimum Gasteiger partial charge on any atom is -0.355 e. The van der Waals surface area contributed by atoms with E-state index in [0.29, 0.717) is 6.42 Å². The van der Waals surface area contributed by atoms with Gasteiger partial charge in [-0.05, 0) is 12.8 Å². The molecule has 1 atom stereocenters. The Hall–Kier alpha value is -1.04. The topological polar surface area (TPSA) is 55.1 Å². The third kappa shape index (κ3) is 7.99. The van der Waals surface area contributed by atoms with Crippen LogP contribution in [0.2, 0.25) is 0 Å². The summed E-state index contributed by atoms with van der Waals surface area (Å²) in [7, 11) is 0. The van der Waals surface area contributed by atoms with Crippen molar-refractivity contribution >= 4 is 5.91 Å². The number of hydrogen-bond donors (Lipinski definition) is 2. The highest BCUT2D eigenvalue weighted by Crippen LogP contribution is 2.20. The first-order valence-corrected chi connectivity index (χ1v) is 4.57. The van der Waals surface area contributed by atoms with Crippen molar-refractivity contribution in [3.63, 3.8) is 0 Å². The Morgan fingerprint density at radius 2 is 2.13 bits per heavy atom. The molecule has 0 aromatic carbocycles. The van der Waals surface area contributed by atoms with Gasteiger partial charge in [-0.25, -0.2) is 0 Å². The van der Waals surface area contributed by atoms with E-state index in [9.17, 15) is 18.0 Å². The number of amides is 1. The lowest BCUT2D eigenvalue weighted by molar-refractivity contribution is -0.136. The van der Waals surface area contributed by atoms with E-state index < -0.39 is 24.5 Å². The van der Waals surface area contributed by atoms with Crippen LogP contribution in [0.4, 0.5) is 13.2 Å². The first-order chi connectivity index (χ1) is 6.87. The zero-order chi connectivity index (χ0) is 11.9. The average molecular weight is 224 g/mol. The van der Waals surface area contributed by atoms with Gasteiger partial charge in [0.2, 0.25) is 5.91 Å². The number of hydrogen-bond acceptors (Lipinski definition) is 2. The summed E-state index contributed by atoms with van der Waals surface area (Å²) in [5.41, 5.74) is 5.39. The highest BCUT2D eigenvalue weighted by atomic mass is 19.4. The number of halogens is 3. The molecule has 1 amide bonds. The Kier molecular flexibility index (Phi) is 6.00. The molecule has 0 saturated carbocycles. The molecule has 0 rings (SSSR count). The van der Waals surface area contributed by atoms with E-state index in [-0.39, 0.29) is 13.0 Å². The van der Waals surface area contributed by atoms with Crippen LogP contribution < -0.4 is 11.1 Å². The van der Waals surface area contributed by atoms with Gasteiger partial charge in [0.05, 0.1) is 6.04 Å². The molecule has 3 N–H and O–H groups in total. The van der Waals surface area contributed by atoms with Crippen LogP contribution >= 0.6 is 0 Å². The van der Waals surface area contributed by atoms with Gasteiger partial charge in [0.25, 0.3) is 0 Å². The third-order valence-corrected chi connectivity index (χ3v) is 1.69. The van der Waals surface area contributed by atoms with Gasteiger partial charge in [-0.3, -0.25) is 4.79 Å². The summed E-state index contributed by atoms with van der Waals surface area (Å²) in [5.74, 6) is -0.447. The number of alkyl halides is 3. The lowest BCUT2D eigenvalue weighted by Crippen LogP contribution is -2.40. The van der Waals surface area contributed by atoms with Crippen molar-refractivity contribution in [3.8, 4) is 0 Å². The summed E-state index contributed by atoms with van der Waals surface area (Å²) < 4.78 is 35.1. The Bertz CT molecular complexity index is 216. The molecule has 0 saturated heterocycles. The highest BCUT2D eigenvalue weighted by Gasteiger charge is 2.26. The van der Waals surface area contributed by atoms with Gasteiger partial charge in [-0.15, -0.1) is 6.58 Å². The van der Waals surface area contributed by atoms with E-state index in [1.807, 2.05) is 0 Å². The number of carbonyl (C=O) groups excluding carboxylic acids is 1. The minimum absolute atomic E-state index is 0.0107. The molecule has 0 radical (unpaired) electrons. The smallest absolute Gasteiger partial charge is 0.355 e. The largest absolute Gasteiger partial charge is 0.389 e. The molecule has 88 valence electrons. The maximum absolute atomic E-state index is 11.7. The number of nitrogens with one attached hydrogen (secondary N) is 1.